The number of anilines is 3. The van der Waals surface area contributed by atoms with Crippen LogP contribution in [0, 0.1) is 0 Å². The molecule has 1 amide bonds. The van der Waals surface area contributed by atoms with Gasteiger partial charge in [-0.15, -0.1) is 0 Å². The van der Waals surface area contributed by atoms with Gasteiger partial charge < -0.3 is 16.8 Å². The van der Waals surface area contributed by atoms with Crippen molar-refractivity contribution in [2.24, 2.45) is 0 Å². The lowest BCUT2D eigenvalue weighted by Gasteiger charge is -2.07. The minimum atomic E-state index is -0.0994. The van der Waals surface area contributed by atoms with Crippen LogP contribution in [-0.4, -0.2) is 5.91 Å². The fraction of sp³-hybridized carbons (Fsp3) is 0.0714. The van der Waals surface area contributed by atoms with E-state index in [-0.39, 0.29) is 12.3 Å². The number of nitrogens with one attached hydrogen (secondary N) is 1. The molecule has 0 atom stereocenters. The van der Waals surface area contributed by atoms with Crippen LogP contribution in [0.4, 0.5) is 17.1 Å². The predicted octanol–water partition coefficient (Wildman–Crippen LogP) is 2.03. The third-order valence-corrected chi connectivity index (χ3v) is 2.58. The normalized spacial score (nSPS) is 10.0. The lowest BCUT2D eigenvalue weighted by atomic mass is 10.1. The Morgan fingerprint density at radius 3 is 2.44 bits per heavy atom. The monoisotopic (exact) mass is 241 g/mol. The second-order valence-electron chi connectivity index (χ2n) is 4.05. The van der Waals surface area contributed by atoms with Gasteiger partial charge in [0.05, 0.1) is 6.42 Å². The van der Waals surface area contributed by atoms with Crippen molar-refractivity contribution >= 4 is 23.0 Å². The molecule has 0 aliphatic carbocycles. The Balaban J connectivity index is 2.03. The molecule has 0 fully saturated rings. The van der Waals surface area contributed by atoms with E-state index in [1.807, 2.05) is 30.3 Å². The number of rotatable bonds is 3. The smallest absolute Gasteiger partial charge is 0.228 e. The summed E-state index contributed by atoms with van der Waals surface area (Å²) in [7, 11) is 0. The molecule has 0 saturated carbocycles. The molecule has 2 aromatic carbocycles. The van der Waals surface area contributed by atoms with E-state index in [0.29, 0.717) is 11.4 Å². The summed E-state index contributed by atoms with van der Waals surface area (Å²) in [6, 6.07) is 14.5. The Hall–Kier alpha value is -2.49. The number of benzene rings is 2. The van der Waals surface area contributed by atoms with Gasteiger partial charge >= 0.3 is 0 Å². The van der Waals surface area contributed by atoms with Gasteiger partial charge in [-0.2, -0.15) is 0 Å². The summed E-state index contributed by atoms with van der Waals surface area (Å²) >= 11 is 0. The fourth-order valence-electron chi connectivity index (χ4n) is 1.67. The number of carbonyl (C=O) groups excluding carboxylic acids is 1. The molecule has 92 valence electrons. The summed E-state index contributed by atoms with van der Waals surface area (Å²) in [5, 5.41) is 2.81. The van der Waals surface area contributed by atoms with Crippen molar-refractivity contribution in [2.75, 3.05) is 16.8 Å². The Kier molecular flexibility index (Phi) is 3.48. The van der Waals surface area contributed by atoms with E-state index in [1.54, 1.807) is 18.2 Å². The highest BCUT2D eigenvalue weighted by atomic mass is 16.1. The number of hydrogen-bond donors (Lipinski definition) is 3. The van der Waals surface area contributed by atoms with Crippen molar-refractivity contribution in [3.8, 4) is 0 Å². The summed E-state index contributed by atoms with van der Waals surface area (Å²) in [5.41, 5.74) is 14.1. The number of para-hydroxylation sites is 1. The zero-order valence-corrected chi connectivity index (χ0v) is 9.89. The third-order valence-electron chi connectivity index (χ3n) is 2.58. The van der Waals surface area contributed by atoms with Crippen LogP contribution < -0.4 is 16.8 Å². The molecular formula is C14H15N3O. The molecule has 0 radical (unpaired) electrons. The summed E-state index contributed by atoms with van der Waals surface area (Å²) in [6.07, 6.45) is 0.237. The maximum atomic E-state index is 11.8. The summed E-state index contributed by atoms with van der Waals surface area (Å²) in [6.45, 7) is 0. The van der Waals surface area contributed by atoms with Crippen molar-refractivity contribution in [1.29, 1.82) is 0 Å². The van der Waals surface area contributed by atoms with E-state index in [4.69, 9.17) is 11.5 Å². The van der Waals surface area contributed by atoms with Gasteiger partial charge in [-0.25, -0.2) is 0 Å². The Morgan fingerprint density at radius 2 is 1.78 bits per heavy atom. The van der Waals surface area contributed by atoms with E-state index in [9.17, 15) is 4.79 Å². The van der Waals surface area contributed by atoms with E-state index >= 15 is 0 Å². The molecule has 0 aliphatic rings. The average molecular weight is 241 g/mol. The molecular weight excluding hydrogens is 226 g/mol. The summed E-state index contributed by atoms with van der Waals surface area (Å²) in [4.78, 5) is 11.8. The Labute approximate surface area is 106 Å². The molecule has 0 unspecified atom stereocenters. The third kappa shape index (κ3) is 3.01. The molecule has 0 aliphatic heterocycles. The van der Waals surface area contributed by atoms with Crippen LogP contribution in [0.25, 0.3) is 0 Å². The first-order chi connectivity index (χ1) is 8.65. The van der Waals surface area contributed by atoms with Gasteiger partial charge in [-0.3, -0.25) is 4.79 Å². The number of hydrogen-bond acceptors (Lipinski definition) is 3. The lowest BCUT2D eigenvalue weighted by molar-refractivity contribution is -0.115. The van der Waals surface area contributed by atoms with Crippen LogP contribution in [0.5, 0.6) is 0 Å². The van der Waals surface area contributed by atoms with Crippen molar-refractivity contribution in [3.63, 3.8) is 0 Å². The molecule has 2 aromatic rings. The minimum Gasteiger partial charge on any atom is -0.399 e. The van der Waals surface area contributed by atoms with Crippen LogP contribution in [0.1, 0.15) is 5.56 Å². The number of carbonyl (C=O) groups is 1. The van der Waals surface area contributed by atoms with Crippen LogP contribution in [0.15, 0.2) is 48.5 Å². The van der Waals surface area contributed by atoms with Crippen molar-refractivity contribution < 1.29 is 4.79 Å². The van der Waals surface area contributed by atoms with Crippen molar-refractivity contribution in [1.82, 2.24) is 0 Å². The molecule has 0 spiro atoms. The van der Waals surface area contributed by atoms with E-state index in [0.717, 1.165) is 11.3 Å². The molecule has 4 nitrogen and oxygen atoms in total. The highest BCUT2D eigenvalue weighted by Gasteiger charge is 2.06. The Morgan fingerprint density at radius 1 is 1.06 bits per heavy atom. The van der Waals surface area contributed by atoms with Crippen LogP contribution in [0.2, 0.25) is 0 Å². The Bertz CT molecular complexity index is 552. The zero-order chi connectivity index (χ0) is 13.0. The number of nitrogen functional groups attached to an aromatic ring is 2. The van der Waals surface area contributed by atoms with Crippen molar-refractivity contribution in [2.45, 2.75) is 6.42 Å². The van der Waals surface area contributed by atoms with E-state index < -0.39 is 0 Å². The quantitative estimate of drug-likeness (QED) is 0.719. The van der Waals surface area contributed by atoms with Crippen molar-refractivity contribution in [3.05, 3.63) is 54.1 Å². The first-order valence-electron chi connectivity index (χ1n) is 5.64. The molecule has 4 heteroatoms. The van der Waals surface area contributed by atoms with E-state index in [1.165, 1.54) is 0 Å². The first-order valence-corrected chi connectivity index (χ1v) is 5.64. The van der Waals surface area contributed by atoms with Crippen LogP contribution in [0.3, 0.4) is 0 Å². The standard InChI is InChI=1S/C14H15N3O/c15-11-7-6-10(13(16)9-11)8-14(18)17-12-4-2-1-3-5-12/h1-7,9H,8,15-16H2,(H,17,18). The average Bonchev–Trinajstić information content (AvgIpc) is 2.34. The van der Waals surface area contributed by atoms with Crippen LogP contribution in [-0.2, 0) is 11.2 Å². The van der Waals surface area contributed by atoms with Crippen LogP contribution >= 0.6 is 0 Å². The van der Waals surface area contributed by atoms with Gasteiger partial charge in [-0.1, -0.05) is 24.3 Å². The second-order valence-corrected chi connectivity index (χ2v) is 4.05. The topological polar surface area (TPSA) is 81.1 Å². The number of nitrogens with two attached hydrogens (primary N) is 2. The maximum absolute atomic E-state index is 11.8. The SMILES string of the molecule is Nc1ccc(CC(=O)Nc2ccccc2)c(N)c1. The maximum Gasteiger partial charge on any atom is 0.228 e. The lowest BCUT2D eigenvalue weighted by Crippen LogP contribution is -2.15. The largest absolute Gasteiger partial charge is 0.399 e. The first kappa shape index (κ1) is 12.0. The molecule has 0 bridgehead atoms. The minimum absolute atomic E-state index is 0.0994. The molecule has 0 saturated heterocycles. The highest BCUT2D eigenvalue weighted by Crippen LogP contribution is 2.16. The second kappa shape index (κ2) is 5.23. The predicted molar refractivity (Wildman–Crippen MR) is 74.0 cm³/mol. The van der Waals surface area contributed by atoms with Gasteiger partial charge in [0.2, 0.25) is 5.91 Å². The van der Waals surface area contributed by atoms with Gasteiger partial charge in [0, 0.05) is 17.1 Å². The summed E-state index contributed by atoms with van der Waals surface area (Å²) < 4.78 is 0. The van der Waals surface area contributed by atoms with Gasteiger partial charge in [0.25, 0.3) is 0 Å². The van der Waals surface area contributed by atoms with Gasteiger partial charge in [0.15, 0.2) is 0 Å². The molecule has 5 N–H and O–H groups in total. The molecule has 18 heavy (non-hydrogen) atoms. The highest BCUT2D eigenvalue weighted by molar-refractivity contribution is 5.93. The number of amides is 1. The van der Waals surface area contributed by atoms with Gasteiger partial charge in [0.1, 0.15) is 0 Å². The fourth-order valence-corrected chi connectivity index (χ4v) is 1.67. The van der Waals surface area contributed by atoms with Gasteiger partial charge in [-0.05, 0) is 29.8 Å². The molecule has 2 rings (SSSR count). The molecule has 0 heterocycles. The molecule has 0 aromatic heterocycles. The zero-order valence-electron chi connectivity index (χ0n) is 9.89. The summed E-state index contributed by atoms with van der Waals surface area (Å²) in [5.74, 6) is -0.0994. The van der Waals surface area contributed by atoms with E-state index in [2.05, 4.69) is 5.32 Å².